The van der Waals surface area contributed by atoms with Gasteiger partial charge in [0.15, 0.2) is 11.6 Å². The molecule has 1 heterocycles. The Hall–Kier alpha value is -2.64. The van der Waals surface area contributed by atoms with E-state index in [2.05, 4.69) is 15.5 Å². The van der Waals surface area contributed by atoms with E-state index in [0.717, 1.165) is 29.0 Å². The van der Waals surface area contributed by atoms with Crippen LogP contribution in [-0.2, 0) is 6.54 Å². The quantitative estimate of drug-likeness (QED) is 0.641. The molecule has 0 spiro atoms. The van der Waals surface area contributed by atoms with Crippen molar-refractivity contribution >= 4 is 0 Å². The molecule has 3 N–H and O–H groups in total. The zero-order valence-corrected chi connectivity index (χ0v) is 13.1. The fourth-order valence-corrected chi connectivity index (χ4v) is 2.49. The lowest BCUT2D eigenvalue weighted by molar-refractivity contribution is 0.173. The van der Waals surface area contributed by atoms with Crippen molar-refractivity contribution in [3.05, 3.63) is 77.2 Å². The Kier molecular flexibility index (Phi) is 5.16. The molecule has 4 nitrogen and oxygen atoms in total. The molecule has 0 saturated heterocycles. The number of hydrogen-bond acceptors (Lipinski definition) is 3. The molecule has 0 radical (unpaired) electrons. The van der Waals surface area contributed by atoms with Crippen LogP contribution in [0.4, 0.5) is 13.2 Å². The van der Waals surface area contributed by atoms with Gasteiger partial charge in [0.25, 0.3) is 0 Å². The SMILES string of the molecule is OC(CNCc1cn[nH]c1-c1ccc(F)cc1)c1ccc(F)c(F)c1. The number of aromatic amines is 1. The van der Waals surface area contributed by atoms with Crippen molar-refractivity contribution < 1.29 is 18.3 Å². The fraction of sp³-hybridized carbons (Fsp3) is 0.167. The van der Waals surface area contributed by atoms with E-state index >= 15 is 0 Å². The van der Waals surface area contributed by atoms with E-state index in [1.54, 1.807) is 18.3 Å². The normalized spacial score (nSPS) is 12.3. The molecule has 0 fully saturated rings. The van der Waals surface area contributed by atoms with Crippen molar-refractivity contribution in [1.29, 1.82) is 0 Å². The Bertz CT molecular complexity index is 849. The molecule has 0 amide bonds. The minimum Gasteiger partial charge on any atom is -0.387 e. The van der Waals surface area contributed by atoms with Crippen molar-refractivity contribution in [2.75, 3.05) is 6.54 Å². The zero-order valence-electron chi connectivity index (χ0n) is 13.1. The summed E-state index contributed by atoms with van der Waals surface area (Å²) in [5.41, 5.74) is 2.66. The van der Waals surface area contributed by atoms with Crippen LogP contribution in [0.3, 0.4) is 0 Å². The lowest BCUT2D eigenvalue weighted by Crippen LogP contribution is -2.21. The van der Waals surface area contributed by atoms with E-state index in [0.29, 0.717) is 6.54 Å². The third-order valence-electron chi connectivity index (χ3n) is 3.83. The molecule has 1 atom stereocenters. The first-order chi connectivity index (χ1) is 12.0. The second-order valence-electron chi connectivity index (χ2n) is 5.60. The maximum absolute atomic E-state index is 13.2. The van der Waals surface area contributed by atoms with Gasteiger partial charge in [-0.2, -0.15) is 5.10 Å². The second-order valence-corrected chi connectivity index (χ2v) is 5.60. The molecule has 0 bridgehead atoms. The largest absolute Gasteiger partial charge is 0.387 e. The summed E-state index contributed by atoms with van der Waals surface area (Å²) < 4.78 is 39.2. The summed E-state index contributed by atoms with van der Waals surface area (Å²) in [7, 11) is 0. The third kappa shape index (κ3) is 4.07. The Labute approximate surface area is 142 Å². The molecule has 3 aromatic rings. The lowest BCUT2D eigenvalue weighted by atomic mass is 10.1. The van der Waals surface area contributed by atoms with E-state index in [-0.39, 0.29) is 17.9 Å². The van der Waals surface area contributed by atoms with Crippen LogP contribution in [0.2, 0.25) is 0 Å². The molecule has 25 heavy (non-hydrogen) atoms. The van der Waals surface area contributed by atoms with Crippen LogP contribution in [0.5, 0.6) is 0 Å². The fourth-order valence-electron chi connectivity index (χ4n) is 2.49. The molecule has 2 aromatic carbocycles. The van der Waals surface area contributed by atoms with E-state index in [4.69, 9.17) is 0 Å². The van der Waals surface area contributed by atoms with Gasteiger partial charge in [-0.05, 0) is 42.0 Å². The van der Waals surface area contributed by atoms with Crippen LogP contribution in [-0.4, -0.2) is 21.8 Å². The first kappa shape index (κ1) is 17.2. The third-order valence-corrected chi connectivity index (χ3v) is 3.83. The number of halogens is 3. The molecule has 0 aliphatic rings. The van der Waals surface area contributed by atoms with Crippen molar-refractivity contribution in [3.63, 3.8) is 0 Å². The monoisotopic (exact) mass is 347 g/mol. The number of rotatable bonds is 6. The number of hydrogen-bond donors (Lipinski definition) is 3. The van der Waals surface area contributed by atoms with E-state index < -0.39 is 17.7 Å². The predicted octanol–water partition coefficient (Wildman–Crippen LogP) is 3.32. The van der Waals surface area contributed by atoms with Crippen LogP contribution in [0, 0.1) is 17.5 Å². The molecule has 1 unspecified atom stereocenters. The van der Waals surface area contributed by atoms with Crippen molar-refractivity contribution in [3.8, 4) is 11.3 Å². The highest BCUT2D eigenvalue weighted by molar-refractivity contribution is 5.62. The van der Waals surface area contributed by atoms with Gasteiger partial charge >= 0.3 is 0 Å². The highest BCUT2D eigenvalue weighted by Gasteiger charge is 2.12. The molecule has 130 valence electrons. The summed E-state index contributed by atoms with van der Waals surface area (Å²) >= 11 is 0. The Balaban J connectivity index is 1.62. The summed E-state index contributed by atoms with van der Waals surface area (Å²) in [6, 6.07) is 9.30. The minimum atomic E-state index is -0.995. The minimum absolute atomic E-state index is 0.152. The molecule has 7 heteroatoms. The molecular weight excluding hydrogens is 331 g/mol. The maximum Gasteiger partial charge on any atom is 0.159 e. The van der Waals surface area contributed by atoms with Gasteiger partial charge in [0.1, 0.15) is 5.82 Å². The first-order valence-corrected chi connectivity index (χ1v) is 7.66. The molecule has 3 rings (SSSR count). The van der Waals surface area contributed by atoms with Crippen molar-refractivity contribution in [2.45, 2.75) is 12.6 Å². The predicted molar refractivity (Wildman–Crippen MR) is 87.0 cm³/mol. The average molecular weight is 347 g/mol. The summed E-state index contributed by atoms with van der Waals surface area (Å²) in [5, 5.41) is 20.0. The molecule has 0 saturated carbocycles. The molecule has 1 aromatic heterocycles. The molecule has 0 aliphatic heterocycles. The zero-order chi connectivity index (χ0) is 17.8. The Morgan fingerprint density at radius 2 is 1.80 bits per heavy atom. The van der Waals surface area contributed by atoms with Crippen LogP contribution in [0.15, 0.2) is 48.7 Å². The number of H-pyrrole nitrogens is 1. The number of aliphatic hydroxyl groups excluding tert-OH is 1. The van der Waals surface area contributed by atoms with E-state index in [9.17, 15) is 18.3 Å². The van der Waals surface area contributed by atoms with Gasteiger partial charge in [0, 0.05) is 24.2 Å². The van der Waals surface area contributed by atoms with Crippen molar-refractivity contribution in [2.24, 2.45) is 0 Å². The van der Waals surface area contributed by atoms with Crippen molar-refractivity contribution in [1.82, 2.24) is 15.5 Å². The van der Waals surface area contributed by atoms with Crippen LogP contribution in [0.25, 0.3) is 11.3 Å². The van der Waals surface area contributed by atoms with Gasteiger partial charge in [-0.25, -0.2) is 13.2 Å². The second kappa shape index (κ2) is 7.50. The summed E-state index contributed by atoms with van der Waals surface area (Å²) in [6.45, 7) is 0.545. The highest BCUT2D eigenvalue weighted by Crippen LogP contribution is 2.21. The maximum atomic E-state index is 13.2. The molecular formula is C18H16F3N3O. The average Bonchev–Trinajstić information content (AvgIpc) is 3.06. The van der Waals surface area contributed by atoms with E-state index in [1.165, 1.54) is 18.2 Å². The van der Waals surface area contributed by atoms with Gasteiger partial charge in [0.05, 0.1) is 18.0 Å². The Morgan fingerprint density at radius 3 is 2.52 bits per heavy atom. The van der Waals surface area contributed by atoms with Gasteiger partial charge in [0.2, 0.25) is 0 Å². The summed E-state index contributed by atoms with van der Waals surface area (Å²) in [5.74, 6) is -2.27. The van der Waals surface area contributed by atoms with Gasteiger partial charge < -0.3 is 10.4 Å². The van der Waals surface area contributed by atoms with Gasteiger partial charge in [-0.1, -0.05) is 6.07 Å². The topological polar surface area (TPSA) is 60.9 Å². The number of aliphatic hydroxyl groups is 1. The van der Waals surface area contributed by atoms with Gasteiger partial charge in [-0.15, -0.1) is 0 Å². The van der Waals surface area contributed by atoms with Crippen LogP contribution < -0.4 is 5.32 Å². The number of benzene rings is 2. The van der Waals surface area contributed by atoms with Crippen LogP contribution >= 0.6 is 0 Å². The molecule has 0 aliphatic carbocycles. The lowest BCUT2D eigenvalue weighted by Gasteiger charge is -2.12. The van der Waals surface area contributed by atoms with E-state index in [1.807, 2.05) is 0 Å². The summed E-state index contributed by atoms with van der Waals surface area (Å²) in [6.07, 6.45) is 0.659. The number of aromatic nitrogens is 2. The number of nitrogens with zero attached hydrogens (tertiary/aromatic N) is 1. The number of nitrogens with one attached hydrogen (secondary N) is 2. The van der Waals surface area contributed by atoms with Gasteiger partial charge in [-0.3, -0.25) is 5.10 Å². The smallest absolute Gasteiger partial charge is 0.159 e. The van der Waals surface area contributed by atoms with Crippen LogP contribution in [0.1, 0.15) is 17.2 Å². The highest BCUT2D eigenvalue weighted by atomic mass is 19.2. The summed E-state index contributed by atoms with van der Waals surface area (Å²) in [4.78, 5) is 0. The Morgan fingerprint density at radius 1 is 1.04 bits per heavy atom. The first-order valence-electron chi connectivity index (χ1n) is 7.66. The standard InChI is InChI=1S/C18H16F3N3O/c19-14-4-1-11(2-5-14)18-13(9-23-24-18)8-22-10-17(25)12-3-6-15(20)16(21)7-12/h1-7,9,17,22,25H,8,10H2,(H,23,24).